The van der Waals surface area contributed by atoms with E-state index in [9.17, 15) is 0 Å². The fraction of sp³-hybridized carbons (Fsp3) is 0.467. The summed E-state index contributed by atoms with van der Waals surface area (Å²) in [5.74, 6) is 1.72. The average Bonchev–Trinajstić information content (AvgIpc) is 2.39. The molecule has 0 amide bonds. The maximum absolute atomic E-state index is 5.95. The van der Waals surface area contributed by atoms with E-state index < -0.39 is 0 Å². The summed E-state index contributed by atoms with van der Waals surface area (Å²) in [4.78, 5) is 0. The van der Waals surface area contributed by atoms with E-state index in [4.69, 9.17) is 4.74 Å². The smallest absolute Gasteiger partial charge is 0.122 e. The number of para-hydroxylation sites is 1. The zero-order valence-electron chi connectivity index (χ0n) is 10.3. The molecule has 0 bridgehead atoms. The second-order valence-corrected chi connectivity index (χ2v) is 4.60. The predicted octanol–water partition coefficient (Wildman–Crippen LogP) is 2.79. The normalized spacial score (nSPS) is 16.7. The van der Waals surface area contributed by atoms with E-state index in [1.165, 1.54) is 18.4 Å². The van der Waals surface area contributed by atoms with Crippen molar-refractivity contribution < 1.29 is 4.74 Å². The quantitative estimate of drug-likeness (QED) is 0.787. The molecule has 0 saturated carbocycles. The lowest BCUT2D eigenvalue weighted by atomic mass is 9.99. The Hall–Kier alpha value is -1.28. The molecule has 2 nitrogen and oxygen atoms in total. The molecule has 1 fully saturated rings. The summed E-state index contributed by atoms with van der Waals surface area (Å²) in [6, 6.07) is 8.25. The van der Waals surface area contributed by atoms with Crippen LogP contribution in [0.15, 0.2) is 36.9 Å². The van der Waals surface area contributed by atoms with Crippen LogP contribution in [-0.4, -0.2) is 19.7 Å². The Morgan fingerprint density at radius 1 is 1.29 bits per heavy atom. The highest BCUT2D eigenvalue weighted by molar-refractivity contribution is 5.34. The second kappa shape index (κ2) is 6.45. The van der Waals surface area contributed by atoms with Crippen molar-refractivity contribution in [2.45, 2.75) is 19.3 Å². The molecule has 0 radical (unpaired) electrons. The molecular weight excluding hydrogens is 210 g/mol. The van der Waals surface area contributed by atoms with Crippen molar-refractivity contribution in [2.75, 3.05) is 19.7 Å². The van der Waals surface area contributed by atoms with Crippen LogP contribution >= 0.6 is 0 Å². The summed E-state index contributed by atoms with van der Waals surface area (Å²) in [6.07, 6.45) is 5.25. The highest BCUT2D eigenvalue weighted by Gasteiger charge is 2.14. The van der Waals surface area contributed by atoms with Crippen LogP contribution in [0.25, 0.3) is 0 Å². The van der Waals surface area contributed by atoms with E-state index >= 15 is 0 Å². The Kier molecular flexibility index (Phi) is 4.63. The van der Waals surface area contributed by atoms with E-state index in [0.29, 0.717) is 5.92 Å². The molecular formula is C15H21NO. The van der Waals surface area contributed by atoms with E-state index in [2.05, 4.69) is 30.1 Å². The Labute approximate surface area is 104 Å². The zero-order valence-corrected chi connectivity index (χ0v) is 10.3. The van der Waals surface area contributed by atoms with Crippen LogP contribution in [-0.2, 0) is 6.42 Å². The van der Waals surface area contributed by atoms with E-state index in [1.54, 1.807) is 0 Å². The molecule has 2 heteroatoms. The van der Waals surface area contributed by atoms with Gasteiger partial charge in [-0.3, -0.25) is 0 Å². The van der Waals surface area contributed by atoms with Crippen molar-refractivity contribution >= 4 is 0 Å². The Bertz CT molecular complexity index is 356. The minimum absolute atomic E-state index is 0.702. The Morgan fingerprint density at radius 3 is 2.82 bits per heavy atom. The molecule has 17 heavy (non-hydrogen) atoms. The summed E-state index contributed by atoms with van der Waals surface area (Å²) in [5, 5.41) is 3.38. The Morgan fingerprint density at radius 2 is 2.06 bits per heavy atom. The highest BCUT2D eigenvalue weighted by Crippen LogP contribution is 2.21. The first-order valence-electron chi connectivity index (χ1n) is 6.42. The fourth-order valence-corrected chi connectivity index (χ4v) is 2.22. The largest absolute Gasteiger partial charge is 0.493 e. The van der Waals surface area contributed by atoms with Crippen molar-refractivity contribution in [1.29, 1.82) is 0 Å². The Balaban J connectivity index is 1.90. The lowest BCUT2D eigenvalue weighted by molar-refractivity contribution is 0.214. The number of benzene rings is 1. The first-order valence-corrected chi connectivity index (χ1v) is 6.42. The van der Waals surface area contributed by atoms with Gasteiger partial charge in [-0.25, -0.2) is 0 Å². The van der Waals surface area contributed by atoms with Gasteiger partial charge in [-0.1, -0.05) is 24.3 Å². The van der Waals surface area contributed by atoms with Gasteiger partial charge in [0, 0.05) is 0 Å². The molecule has 1 aromatic rings. The minimum Gasteiger partial charge on any atom is -0.493 e. The predicted molar refractivity (Wildman–Crippen MR) is 71.4 cm³/mol. The van der Waals surface area contributed by atoms with Gasteiger partial charge in [-0.2, -0.15) is 0 Å². The minimum atomic E-state index is 0.702. The summed E-state index contributed by atoms with van der Waals surface area (Å²) in [7, 11) is 0. The molecule has 1 aliphatic rings. The second-order valence-electron chi connectivity index (χ2n) is 4.60. The van der Waals surface area contributed by atoms with Gasteiger partial charge >= 0.3 is 0 Å². The van der Waals surface area contributed by atoms with Gasteiger partial charge in [-0.05, 0) is 49.9 Å². The summed E-state index contributed by atoms with van der Waals surface area (Å²) < 4.78 is 5.95. The van der Waals surface area contributed by atoms with Crippen molar-refractivity contribution in [3.63, 3.8) is 0 Å². The van der Waals surface area contributed by atoms with E-state index in [1.807, 2.05) is 12.1 Å². The number of allylic oxidation sites excluding steroid dienone is 1. The molecule has 0 aromatic heterocycles. The van der Waals surface area contributed by atoms with Crippen molar-refractivity contribution in [3.8, 4) is 5.75 Å². The lowest BCUT2D eigenvalue weighted by Gasteiger charge is -2.23. The van der Waals surface area contributed by atoms with Crippen LogP contribution in [0, 0.1) is 5.92 Å². The standard InChI is InChI=1S/C15H21NO/c1-2-5-14-6-3-4-7-15(14)17-12-13-8-10-16-11-9-13/h2-4,6-7,13,16H,1,5,8-12H2. The fourth-order valence-electron chi connectivity index (χ4n) is 2.22. The lowest BCUT2D eigenvalue weighted by Crippen LogP contribution is -2.30. The van der Waals surface area contributed by atoms with Gasteiger partial charge in [0.05, 0.1) is 6.61 Å². The van der Waals surface area contributed by atoms with Crippen LogP contribution in [0.3, 0.4) is 0 Å². The molecule has 2 rings (SSSR count). The third-order valence-corrected chi connectivity index (χ3v) is 3.27. The van der Waals surface area contributed by atoms with Gasteiger partial charge in [0.25, 0.3) is 0 Å². The topological polar surface area (TPSA) is 21.3 Å². The van der Waals surface area contributed by atoms with Crippen LogP contribution < -0.4 is 10.1 Å². The molecule has 0 atom stereocenters. The first-order chi connectivity index (χ1) is 8.40. The third-order valence-electron chi connectivity index (χ3n) is 3.27. The summed E-state index contributed by atoms with van der Waals surface area (Å²) >= 11 is 0. The number of hydrogen-bond donors (Lipinski definition) is 1. The summed E-state index contributed by atoms with van der Waals surface area (Å²) in [6.45, 7) is 6.88. The summed E-state index contributed by atoms with van der Waals surface area (Å²) in [5.41, 5.74) is 1.23. The maximum atomic E-state index is 5.95. The molecule has 1 saturated heterocycles. The van der Waals surface area contributed by atoms with Crippen LogP contribution in [0.4, 0.5) is 0 Å². The van der Waals surface area contributed by atoms with Gasteiger partial charge < -0.3 is 10.1 Å². The highest BCUT2D eigenvalue weighted by atomic mass is 16.5. The zero-order chi connectivity index (χ0) is 11.9. The van der Waals surface area contributed by atoms with Gasteiger partial charge in [0.1, 0.15) is 5.75 Å². The molecule has 0 aliphatic carbocycles. The van der Waals surface area contributed by atoms with Crippen molar-refractivity contribution in [1.82, 2.24) is 5.32 Å². The van der Waals surface area contributed by atoms with E-state index in [0.717, 1.165) is 31.9 Å². The molecule has 1 N–H and O–H groups in total. The number of nitrogens with one attached hydrogen (secondary N) is 1. The van der Waals surface area contributed by atoms with E-state index in [-0.39, 0.29) is 0 Å². The molecule has 92 valence electrons. The number of ether oxygens (including phenoxy) is 1. The molecule has 1 aromatic carbocycles. The molecule has 0 spiro atoms. The maximum Gasteiger partial charge on any atom is 0.122 e. The third kappa shape index (κ3) is 3.60. The van der Waals surface area contributed by atoms with Gasteiger partial charge in [-0.15, -0.1) is 6.58 Å². The SMILES string of the molecule is C=CCc1ccccc1OCC1CCNCC1. The molecule has 0 unspecified atom stereocenters. The van der Waals surface area contributed by atoms with Gasteiger partial charge in [0.2, 0.25) is 0 Å². The van der Waals surface area contributed by atoms with Crippen molar-refractivity contribution in [2.24, 2.45) is 5.92 Å². The van der Waals surface area contributed by atoms with Crippen LogP contribution in [0.2, 0.25) is 0 Å². The number of hydrogen-bond acceptors (Lipinski definition) is 2. The average molecular weight is 231 g/mol. The molecule has 1 heterocycles. The van der Waals surface area contributed by atoms with Crippen LogP contribution in [0.5, 0.6) is 5.75 Å². The van der Waals surface area contributed by atoms with Gasteiger partial charge in [0.15, 0.2) is 0 Å². The number of rotatable bonds is 5. The van der Waals surface area contributed by atoms with Crippen molar-refractivity contribution in [3.05, 3.63) is 42.5 Å². The monoisotopic (exact) mass is 231 g/mol. The van der Waals surface area contributed by atoms with Crippen LogP contribution in [0.1, 0.15) is 18.4 Å². The number of piperidine rings is 1. The molecule has 1 aliphatic heterocycles. The first kappa shape index (κ1) is 12.2.